The van der Waals surface area contributed by atoms with E-state index in [0.29, 0.717) is 12.3 Å². The molecule has 0 aliphatic heterocycles. The number of hydrogen-bond donors (Lipinski definition) is 3. The van der Waals surface area contributed by atoms with Crippen LogP contribution in [-0.4, -0.2) is 65.1 Å². The van der Waals surface area contributed by atoms with Gasteiger partial charge in [0.25, 0.3) is 5.91 Å². The Bertz CT molecular complexity index is 1270. The zero-order valence-corrected chi connectivity index (χ0v) is 22.4. The minimum absolute atomic E-state index is 0.101. The first-order valence-corrected chi connectivity index (χ1v) is 13.5. The van der Waals surface area contributed by atoms with Gasteiger partial charge < -0.3 is 29.6 Å². The average molecular weight is 566 g/mol. The number of esters is 3. The molecule has 0 unspecified atom stereocenters. The first kappa shape index (κ1) is 31.1. The summed E-state index contributed by atoms with van der Waals surface area (Å²) in [6.45, 7) is 2.15. The monoisotopic (exact) mass is 565 g/mol. The van der Waals surface area contributed by atoms with E-state index in [2.05, 4.69) is 20.1 Å². The highest BCUT2D eigenvalue weighted by molar-refractivity contribution is 7.89. The summed E-state index contributed by atoms with van der Waals surface area (Å²) in [7, 11) is -4.36. The standard InChI is InChI=1S/C25H31N3O10S/c1-3-5-11-27-19-12-17(13-20(39(26,33)34)24(19)38-18-9-7-6-8-10-18)25(32)37-15-21(29)28-14-22(30)36-16-23(31)35-4-2/h6-10,12-13,27H,3-5,11,14-16H2,1-2H3,(H,28,29)(H2,26,33,34). The molecule has 2 rings (SSSR count). The molecule has 0 fully saturated rings. The minimum atomic E-state index is -4.36. The molecule has 0 aromatic heterocycles. The number of primary sulfonamides is 1. The van der Waals surface area contributed by atoms with Crippen LogP contribution in [0.1, 0.15) is 37.0 Å². The van der Waals surface area contributed by atoms with Crippen molar-refractivity contribution in [2.75, 3.05) is 38.2 Å². The second-order valence-corrected chi connectivity index (χ2v) is 9.44. The molecular formula is C25H31N3O10S. The van der Waals surface area contributed by atoms with E-state index < -0.39 is 58.5 Å². The lowest BCUT2D eigenvalue weighted by Gasteiger charge is -2.17. The third-order valence-corrected chi connectivity index (χ3v) is 5.74. The number of amides is 1. The van der Waals surface area contributed by atoms with E-state index in [1.807, 2.05) is 6.92 Å². The van der Waals surface area contributed by atoms with Gasteiger partial charge in [0.05, 0.1) is 17.9 Å². The van der Waals surface area contributed by atoms with Crippen LogP contribution in [0.4, 0.5) is 5.69 Å². The number of rotatable bonds is 15. The molecule has 0 aliphatic rings. The van der Waals surface area contributed by atoms with Crippen molar-refractivity contribution in [1.82, 2.24) is 5.32 Å². The quantitative estimate of drug-likeness (QED) is 0.162. The number of para-hydroxylation sites is 1. The molecule has 0 atom stereocenters. The highest BCUT2D eigenvalue weighted by Gasteiger charge is 2.24. The van der Waals surface area contributed by atoms with E-state index >= 15 is 0 Å². The third-order valence-electron chi connectivity index (χ3n) is 4.83. The lowest BCUT2D eigenvalue weighted by Crippen LogP contribution is -2.34. The van der Waals surface area contributed by atoms with Gasteiger partial charge in [0.15, 0.2) is 19.0 Å². The predicted molar refractivity (Wildman–Crippen MR) is 139 cm³/mol. The SMILES string of the molecule is CCCCNc1cc(C(=O)OCC(=O)NCC(=O)OCC(=O)OCC)cc(S(N)(=O)=O)c1Oc1ccccc1. The van der Waals surface area contributed by atoms with Gasteiger partial charge in [-0.25, -0.2) is 23.1 Å². The van der Waals surface area contributed by atoms with Gasteiger partial charge in [-0.05, 0) is 37.6 Å². The molecule has 0 heterocycles. The van der Waals surface area contributed by atoms with Crippen LogP contribution in [0, 0.1) is 0 Å². The number of nitrogens with two attached hydrogens (primary N) is 1. The van der Waals surface area contributed by atoms with Crippen molar-refractivity contribution in [2.45, 2.75) is 31.6 Å². The fraction of sp³-hybridized carbons (Fsp3) is 0.360. The van der Waals surface area contributed by atoms with Gasteiger partial charge in [0.2, 0.25) is 10.0 Å². The van der Waals surface area contributed by atoms with Crippen LogP contribution in [0.5, 0.6) is 11.5 Å². The second-order valence-electron chi connectivity index (χ2n) is 7.91. The maximum absolute atomic E-state index is 12.7. The van der Waals surface area contributed by atoms with E-state index in [4.69, 9.17) is 14.6 Å². The Hall–Kier alpha value is -4.17. The highest BCUT2D eigenvalue weighted by atomic mass is 32.2. The Labute approximate surface area is 226 Å². The molecule has 1 amide bonds. The number of unbranched alkanes of at least 4 members (excludes halogenated alkanes) is 1. The normalized spacial score (nSPS) is 10.7. The van der Waals surface area contributed by atoms with Crippen LogP contribution < -0.4 is 20.5 Å². The Balaban J connectivity index is 2.15. The first-order valence-electron chi connectivity index (χ1n) is 12.0. The first-order chi connectivity index (χ1) is 18.5. The zero-order chi connectivity index (χ0) is 28.8. The molecule has 2 aromatic carbocycles. The zero-order valence-electron chi connectivity index (χ0n) is 21.6. The van der Waals surface area contributed by atoms with Crippen LogP contribution in [0.25, 0.3) is 0 Å². The van der Waals surface area contributed by atoms with Crippen molar-refractivity contribution in [2.24, 2.45) is 5.14 Å². The molecule has 0 saturated carbocycles. The molecule has 13 nitrogen and oxygen atoms in total. The number of nitrogens with one attached hydrogen (secondary N) is 2. The van der Waals surface area contributed by atoms with Crippen LogP contribution in [0.2, 0.25) is 0 Å². The van der Waals surface area contributed by atoms with Gasteiger partial charge in [-0.1, -0.05) is 31.5 Å². The Morgan fingerprint density at radius 1 is 0.923 bits per heavy atom. The second kappa shape index (κ2) is 15.3. The summed E-state index contributed by atoms with van der Waals surface area (Å²) >= 11 is 0. The van der Waals surface area contributed by atoms with Gasteiger partial charge in [-0.15, -0.1) is 0 Å². The van der Waals surface area contributed by atoms with Crippen molar-refractivity contribution >= 4 is 39.5 Å². The number of hydrogen-bond acceptors (Lipinski definition) is 11. The number of ether oxygens (including phenoxy) is 4. The third kappa shape index (κ3) is 10.6. The van der Waals surface area contributed by atoms with Crippen molar-refractivity contribution in [3.8, 4) is 11.5 Å². The predicted octanol–water partition coefficient (Wildman–Crippen LogP) is 1.72. The van der Waals surface area contributed by atoms with Crippen LogP contribution >= 0.6 is 0 Å². The molecule has 0 aliphatic carbocycles. The van der Waals surface area contributed by atoms with Crippen LogP contribution in [0.15, 0.2) is 47.4 Å². The Morgan fingerprint density at radius 2 is 1.64 bits per heavy atom. The van der Waals surface area contributed by atoms with E-state index in [1.165, 1.54) is 6.07 Å². The summed E-state index contributed by atoms with van der Waals surface area (Å²) in [5.41, 5.74) is -0.0281. The number of carbonyl (C=O) groups is 4. The lowest BCUT2D eigenvalue weighted by atomic mass is 10.1. The van der Waals surface area contributed by atoms with Gasteiger partial charge in [0.1, 0.15) is 17.2 Å². The van der Waals surface area contributed by atoms with E-state index in [1.54, 1.807) is 37.3 Å². The maximum Gasteiger partial charge on any atom is 0.344 e. The van der Waals surface area contributed by atoms with E-state index in [-0.39, 0.29) is 23.6 Å². The molecular weight excluding hydrogens is 534 g/mol. The summed E-state index contributed by atoms with van der Waals surface area (Å²) in [5.74, 6) is -3.27. The van der Waals surface area contributed by atoms with Crippen molar-refractivity contribution in [1.29, 1.82) is 0 Å². The fourth-order valence-corrected chi connectivity index (χ4v) is 3.70. The topological polar surface area (TPSA) is 189 Å². The molecule has 212 valence electrons. The van der Waals surface area contributed by atoms with Crippen molar-refractivity contribution in [3.63, 3.8) is 0 Å². The average Bonchev–Trinajstić information content (AvgIpc) is 2.90. The van der Waals surface area contributed by atoms with E-state index in [9.17, 15) is 27.6 Å². The number of anilines is 1. The van der Waals surface area contributed by atoms with Crippen molar-refractivity contribution in [3.05, 3.63) is 48.0 Å². The summed E-state index contributed by atoms with van der Waals surface area (Å²) in [6.07, 6.45) is 1.59. The fourth-order valence-electron chi connectivity index (χ4n) is 3.00. The number of carbonyl (C=O) groups excluding carboxylic acids is 4. The number of sulfonamides is 1. The minimum Gasteiger partial charge on any atom is -0.463 e. The Kier molecular flexibility index (Phi) is 12.2. The molecule has 2 aromatic rings. The Morgan fingerprint density at radius 3 is 2.28 bits per heavy atom. The molecule has 0 radical (unpaired) electrons. The molecule has 0 bridgehead atoms. The smallest absolute Gasteiger partial charge is 0.344 e. The van der Waals surface area contributed by atoms with E-state index in [0.717, 1.165) is 18.9 Å². The molecule has 14 heteroatoms. The molecule has 39 heavy (non-hydrogen) atoms. The maximum atomic E-state index is 12.7. The highest BCUT2D eigenvalue weighted by Crippen LogP contribution is 2.37. The summed E-state index contributed by atoms with van der Waals surface area (Å²) in [4.78, 5) is 47.1. The molecule has 0 saturated heterocycles. The lowest BCUT2D eigenvalue weighted by molar-refractivity contribution is -0.158. The van der Waals surface area contributed by atoms with Crippen LogP contribution in [-0.2, 0) is 38.6 Å². The summed E-state index contributed by atoms with van der Waals surface area (Å²) < 4.78 is 44.9. The summed E-state index contributed by atoms with van der Waals surface area (Å²) in [5, 5.41) is 10.7. The van der Waals surface area contributed by atoms with Gasteiger partial charge in [0, 0.05) is 6.54 Å². The van der Waals surface area contributed by atoms with Gasteiger partial charge in [-0.3, -0.25) is 9.59 Å². The van der Waals surface area contributed by atoms with Crippen LogP contribution in [0.3, 0.4) is 0 Å². The van der Waals surface area contributed by atoms with Gasteiger partial charge >= 0.3 is 17.9 Å². The van der Waals surface area contributed by atoms with Gasteiger partial charge in [-0.2, -0.15) is 0 Å². The molecule has 4 N–H and O–H groups in total. The summed E-state index contributed by atoms with van der Waals surface area (Å²) in [6, 6.07) is 10.7. The largest absolute Gasteiger partial charge is 0.463 e. The van der Waals surface area contributed by atoms with Crippen molar-refractivity contribution < 1.29 is 46.5 Å². The number of benzene rings is 2. The molecule has 0 spiro atoms.